The molecule has 7 heteroatoms. The Bertz CT molecular complexity index is 1270. The summed E-state index contributed by atoms with van der Waals surface area (Å²) in [5.41, 5.74) is 6.02. The van der Waals surface area contributed by atoms with Crippen molar-refractivity contribution in [2.75, 3.05) is 21.3 Å². The van der Waals surface area contributed by atoms with Gasteiger partial charge in [-0.1, -0.05) is 48.5 Å². The van der Waals surface area contributed by atoms with Crippen LogP contribution in [-0.4, -0.2) is 38.0 Å². The van der Waals surface area contributed by atoms with Crippen molar-refractivity contribution in [1.82, 2.24) is 9.99 Å². The molecular formula is C26H25N3O4. The molecule has 0 saturated heterocycles. The molecule has 3 aromatic carbocycles. The van der Waals surface area contributed by atoms with Gasteiger partial charge in [0.2, 0.25) is 5.75 Å². The van der Waals surface area contributed by atoms with Crippen molar-refractivity contribution in [2.24, 2.45) is 5.10 Å². The highest BCUT2D eigenvalue weighted by Gasteiger charge is 2.15. The molecule has 0 spiro atoms. The lowest BCUT2D eigenvalue weighted by molar-refractivity contribution is 0.0956. The molecule has 0 unspecified atom stereocenters. The number of fused-ring (bicyclic) bond motifs is 1. The summed E-state index contributed by atoms with van der Waals surface area (Å²) in [5, 5.41) is 5.01. The van der Waals surface area contributed by atoms with Crippen LogP contribution in [0.5, 0.6) is 17.2 Å². The Hall–Kier alpha value is -4.26. The summed E-state index contributed by atoms with van der Waals surface area (Å²) < 4.78 is 18.1. The number of hydrazone groups is 1. The van der Waals surface area contributed by atoms with Gasteiger partial charge in [0.15, 0.2) is 11.5 Å². The van der Waals surface area contributed by atoms with Crippen LogP contribution >= 0.6 is 0 Å². The van der Waals surface area contributed by atoms with Crippen LogP contribution in [0.4, 0.5) is 0 Å². The molecule has 1 heterocycles. The summed E-state index contributed by atoms with van der Waals surface area (Å²) in [4.78, 5) is 13.0. The number of ether oxygens (including phenoxy) is 3. The summed E-state index contributed by atoms with van der Waals surface area (Å²) in [6.45, 7) is 0.670. The quantitative estimate of drug-likeness (QED) is 0.322. The molecule has 4 rings (SSSR count). The highest BCUT2D eigenvalue weighted by molar-refractivity contribution is 6.07. The number of benzene rings is 3. The average molecular weight is 444 g/mol. The highest BCUT2D eigenvalue weighted by Crippen LogP contribution is 2.37. The van der Waals surface area contributed by atoms with Gasteiger partial charge in [0, 0.05) is 29.2 Å². The van der Waals surface area contributed by atoms with Crippen LogP contribution in [0.3, 0.4) is 0 Å². The maximum atomic E-state index is 13.0. The van der Waals surface area contributed by atoms with E-state index in [4.69, 9.17) is 14.2 Å². The van der Waals surface area contributed by atoms with E-state index >= 15 is 0 Å². The highest BCUT2D eigenvalue weighted by atomic mass is 16.5. The number of nitrogens with one attached hydrogen (secondary N) is 1. The van der Waals surface area contributed by atoms with Crippen molar-refractivity contribution < 1.29 is 19.0 Å². The summed E-state index contributed by atoms with van der Waals surface area (Å²) in [7, 11) is 4.64. The zero-order valence-electron chi connectivity index (χ0n) is 18.7. The van der Waals surface area contributed by atoms with Crippen LogP contribution in [0.2, 0.25) is 0 Å². The van der Waals surface area contributed by atoms with Crippen LogP contribution in [0, 0.1) is 0 Å². The third-order valence-corrected chi connectivity index (χ3v) is 5.30. The number of para-hydroxylation sites is 1. The van der Waals surface area contributed by atoms with Gasteiger partial charge in [-0.25, -0.2) is 5.43 Å². The predicted molar refractivity (Wildman–Crippen MR) is 129 cm³/mol. The largest absolute Gasteiger partial charge is 0.493 e. The predicted octanol–water partition coefficient (Wildman–Crippen LogP) is 4.48. The second kappa shape index (κ2) is 9.91. The molecule has 1 amide bonds. The van der Waals surface area contributed by atoms with E-state index in [2.05, 4.69) is 27.2 Å². The topological polar surface area (TPSA) is 74.1 Å². The summed E-state index contributed by atoms with van der Waals surface area (Å²) in [6.07, 6.45) is 3.40. The molecule has 0 aliphatic carbocycles. The van der Waals surface area contributed by atoms with Crippen LogP contribution in [0.1, 0.15) is 21.5 Å². The Labute approximate surface area is 192 Å². The normalized spacial score (nSPS) is 11.0. The van der Waals surface area contributed by atoms with E-state index in [1.165, 1.54) is 6.21 Å². The SMILES string of the molecule is COc1cc(/C=N/NC(=O)c2cn(Cc3ccccc3)c3ccccc23)cc(OC)c1OC. The molecule has 0 aliphatic heterocycles. The fourth-order valence-corrected chi connectivity index (χ4v) is 3.74. The molecule has 4 aromatic rings. The monoisotopic (exact) mass is 443 g/mol. The van der Waals surface area contributed by atoms with Gasteiger partial charge in [0.05, 0.1) is 33.1 Å². The number of hydrogen-bond acceptors (Lipinski definition) is 5. The van der Waals surface area contributed by atoms with Gasteiger partial charge >= 0.3 is 0 Å². The smallest absolute Gasteiger partial charge is 0.273 e. The van der Waals surface area contributed by atoms with Crippen LogP contribution in [0.15, 0.2) is 78.0 Å². The van der Waals surface area contributed by atoms with E-state index < -0.39 is 0 Å². The standard InChI is InChI=1S/C26H25N3O4/c1-31-23-13-19(14-24(32-2)25(23)33-3)15-27-28-26(30)21-17-29(16-18-9-5-4-6-10-18)22-12-8-7-11-20(21)22/h4-15,17H,16H2,1-3H3,(H,28,30)/b27-15+. The van der Waals surface area contributed by atoms with Gasteiger partial charge in [0.1, 0.15) is 0 Å². The molecular weight excluding hydrogens is 418 g/mol. The summed E-state index contributed by atoms with van der Waals surface area (Å²) in [6, 6.07) is 21.5. The number of carbonyl (C=O) groups excluding carboxylic acids is 1. The number of aromatic nitrogens is 1. The van der Waals surface area contributed by atoms with E-state index in [0.29, 0.717) is 34.9 Å². The van der Waals surface area contributed by atoms with Crippen LogP contribution in [-0.2, 0) is 6.54 Å². The van der Waals surface area contributed by atoms with Crippen molar-refractivity contribution in [3.8, 4) is 17.2 Å². The first-order chi connectivity index (χ1) is 16.1. The molecule has 0 aliphatic rings. The van der Waals surface area contributed by atoms with E-state index in [1.807, 2.05) is 48.7 Å². The lowest BCUT2D eigenvalue weighted by Crippen LogP contribution is -2.17. The van der Waals surface area contributed by atoms with Crippen molar-refractivity contribution in [3.05, 3.63) is 89.6 Å². The van der Waals surface area contributed by atoms with Gasteiger partial charge in [-0.2, -0.15) is 5.10 Å². The number of hydrogen-bond donors (Lipinski definition) is 1. The summed E-state index contributed by atoms with van der Waals surface area (Å²) in [5.74, 6) is 1.22. The number of amides is 1. The van der Waals surface area contributed by atoms with E-state index in [9.17, 15) is 4.79 Å². The van der Waals surface area contributed by atoms with Gasteiger partial charge in [-0.05, 0) is 23.8 Å². The Morgan fingerprint density at radius 3 is 2.27 bits per heavy atom. The first-order valence-electron chi connectivity index (χ1n) is 10.4. The van der Waals surface area contributed by atoms with E-state index in [0.717, 1.165) is 16.5 Å². The first kappa shape index (κ1) is 22.0. The fraction of sp³-hybridized carbons (Fsp3) is 0.154. The third-order valence-electron chi connectivity index (χ3n) is 5.30. The molecule has 0 radical (unpaired) electrons. The van der Waals surface area contributed by atoms with Gasteiger partial charge in [0.25, 0.3) is 5.91 Å². The zero-order chi connectivity index (χ0) is 23.2. The maximum Gasteiger partial charge on any atom is 0.273 e. The first-order valence-corrected chi connectivity index (χ1v) is 10.4. The molecule has 33 heavy (non-hydrogen) atoms. The molecule has 0 atom stereocenters. The molecule has 0 bridgehead atoms. The van der Waals surface area contributed by atoms with E-state index in [1.54, 1.807) is 33.5 Å². The molecule has 168 valence electrons. The zero-order valence-corrected chi connectivity index (χ0v) is 18.7. The summed E-state index contributed by atoms with van der Waals surface area (Å²) >= 11 is 0. The number of methoxy groups -OCH3 is 3. The Kier molecular flexibility index (Phi) is 6.59. The van der Waals surface area contributed by atoms with Crippen molar-refractivity contribution in [2.45, 2.75) is 6.54 Å². The minimum atomic E-state index is -0.290. The van der Waals surface area contributed by atoms with Crippen molar-refractivity contribution >= 4 is 23.0 Å². The maximum absolute atomic E-state index is 13.0. The average Bonchev–Trinajstić information content (AvgIpc) is 3.22. The van der Waals surface area contributed by atoms with Gasteiger partial charge < -0.3 is 18.8 Å². The minimum absolute atomic E-state index is 0.290. The minimum Gasteiger partial charge on any atom is -0.493 e. The second-order valence-electron chi connectivity index (χ2n) is 7.33. The number of carbonyl (C=O) groups is 1. The van der Waals surface area contributed by atoms with Crippen molar-refractivity contribution in [3.63, 3.8) is 0 Å². The number of rotatable bonds is 8. The third kappa shape index (κ3) is 4.67. The van der Waals surface area contributed by atoms with Gasteiger partial charge in [-0.3, -0.25) is 4.79 Å². The Balaban J connectivity index is 1.57. The molecule has 1 N–H and O–H groups in total. The van der Waals surface area contributed by atoms with Crippen molar-refractivity contribution in [1.29, 1.82) is 0 Å². The Morgan fingerprint density at radius 2 is 1.61 bits per heavy atom. The molecule has 1 aromatic heterocycles. The molecule has 0 fully saturated rings. The molecule has 0 saturated carbocycles. The Morgan fingerprint density at radius 1 is 0.939 bits per heavy atom. The number of nitrogens with zero attached hydrogens (tertiary/aromatic N) is 2. The van der Waals surface area contributed by atoms with Crippen LogP contribution in [0.25, 0.3) is 10.9 Å². The molecule has 7 nitrogen and oxygen atoms in total. The van der Waals surface area contributed by atoms with Crippen LogP contribution < -0.4 is 19.6 Å². The fourth-order valence-electron chi connectivity index (χ4n) is 3.74. The van der Waals surface area contributed by atoms with E-state index in [-0.39, 0.29) is 5.91 Å². The lowest BCUT2D eigenvalue weighted by atomic mass is 10.1. The van der Waals surface area contributed by atoms with Gasteiger partial charge in [-0.15, -0.1) is 0 Å². The lowest BCUT2D eigenvalue weighted by Gasteiger charge is -2.12. The second-order valence-corrected chi connectivity index (χ2v) is 7.33.